The molecule has 0 aliphatic carbocycles. The molecule has 1 heterocycles. The summed E-state index contributed by atoms with van der Waals surface area (Å²) in [5.41, 5.74) is 0. The molecule has 0 aromatic heterocycles. The van der Waals surface area contributed by atoms with Crippen molar-refractivity contribution < 1.29 is 53.8 Å². The zero-order valence-electron chi connectivity index (χ0n) is 38.6. The predicted octanol–water partition coefficient (Wildman–Crippen LogP) is 11.1. The Morgan fingerprint density at radius 1 is 0.516 bits per heavy atom. The van der Waals surface area contributed by atoms with E-state index in [0.29, 0.717) is 12.8 Å². The lowest BCUT2D eigenvalue weighted by molar-refractivity contribution is -0.298. The monoisotopic (exact) mass is 875 g/mol. The first-order valence-electron chi connectivity index (χ1n) is 24.3. The van der Waals surface area contributed by atoms with Crippen LogP contribution in [-0.4, -0.2) is 88.4 Å². The normalized spacial score (nSPS) is 20.0. The lowest BCUT2D eigenvalue weighted by atomic mass is 9.99. The topological polar surface area (TPSA) is 169 Å². The largest absolute Gasteiger partial charge is 0.479 e. The summed E-state index contributed by atoms with van der Waals surface area (Å²) >= 11 is 0. The van der Waals surface area contributed by atoms with E-state index < -0.39 is 61.3 Å². The fourth-order valence-electron chi connectivity index (χ4n) is 7.04. The molecule has 1 rings (SSSR count). The van der Waals surface area contributed by atoms with Gasteiger partial charge in [0.1, 0.15) is 24.9 Å². The number of ether oxygens (including phenoxy) is 4. The van der Waals surface area contributed by atoms with E-state index in [2.05, 4.69) is 74.6 Å². The Morgan fingerprint density at radius 2 is 0.952 bits per heavy atom. The van der Waals surface area contributed by atoms with Crippen molar-refractivity contribution in [2.75, 3.05) is 13.2 Å². The Kier molecular flexibility index (Phi) is 37.3. The number of aliphatic carboxylic acids is 1. The van der Waals surface area contributed by atoms with Crippen LogP contribution in [0.3, 0.4) is 0 Å². The standard InChI is InChI=1S/C51H86O11/c1-3-5-7-9-11-13-15-17-18-19-20-21-22-23-24-25-26-28-30-32-34-36-38-40-45(53)61-43(42-60-51-48(56)46(54)47(55)49(62-51)50(57)58)41-59-44(52)39-37-35-33-31-29-27-16-14-12-10-8-6-4-2/h6,8,12,14-15,17,19-20,27,29,43,46-49,51,54-56H,3-5,7,9-11,13,16,18,21-26,28,30-42H2,1-2H3,(H,57,58)/b8-6-,14-12-,17-15-,20-19-,29-27-. The number of rotatable bonds is 40. The van der Waals surface area contributed by atoms with Gasteiger partial charge < -0.3 is 39.4 Å². The molecule has 1 saturated heterocycles. The number of carbonyl (C=O) groups is 3. The highest BCUT2D eigenvalue weighted by molar-refractivity contribution is 5.73. The number of aliphatic hydroxyl groups excluding tert-OH is 3. The Bertz CT molecular complexity index is 1260. The third-order valence-corrected chi connectivity index (χ3v) is 10.9. The third kappa shape index (κ3) is 31.7. The van der Waals surface area contributed by atoms with Crippen molar-refractivity contribution in [1.82, 2.24) is 0 Å². The molecule has 0 bridgehead atoms. The van der Waals surface area contributed by atoms with E-state index in [-0.39, 0.29) is 19.4 Å². The molecule has 1 fully saturated rings. The van der Waals surface area contributed by atoms with Crippen LogP contribution in [-0.2, 0) is 33.3 Å². The summed E-state index contributed by atoms with van der Waals surface area (Å²) in [7, 11) is 0. The van der Waals surface area contributed by atoms with Gasteiger partial charge >= 0.3 is 17.9 Å². The van der Waals surface area contributed by atoms with Gasteiger partial charge in [0.2, 0.25) is 0 Å². The lowest BCUT2D eigenvalue weighted by Crippen LogP contribution is -2.60. The van der Waals surface area contributed by atoms with Crippen LogP contribution in [0.5, 0.6) is 0 Å². The average Bonchev–Trinajstić information content (AvgIpc) is 3.26. The van der Waals surface area contributed by atoms with E-state index in [1.165, 1.54) is 89.9 Å². The van der Waals surface area contributed by atoms with Crippen LogP contribution in [0.1, 0.15) is 194 Å². The molecule has 0 amide bonds. The van der Waals surface area contributed by atoms with Gasteiger partial charge in [-0.05, 0) is 77.0 Å². The number of allylic oxidation sites excluding steroid dienone is 10. The van der Waals surface area contributed by atoms with Gasteiger partial charge in [-0.3, -0.25) is 9.59 Å². The molecule has 356 valence electrons. The smallest absolute Gasteiger partial charge is 0.335 e. The van der Waals surface area contributed by atoms with Gasteiger partial charge in [-0.2, -0.15) is 0 Å². The van der Waals surface area contributed by atoms with Crippen LogP contribution in [0.4, 0.5) is 0 Å². The highest BCUT2D eigenvalue weighted by Gasteiger charge is 2.47. The van der Waals surface area contributed by atoms with Gasteiger partial charge in [-0.25, -0.2) is 4.79 Å². The van der Waals surface area contributed by atoms with Crippen LogP contribution < -0.4 is 0 Å². The maximum Gasteiger partial charge on any atom is 0.335 e. The lowest BCUT2D eigenvalue weighted by Gasteiger charge is -2.38. The van der Waals surface area contributed by atoms with Gasteiger partial charge in [0, 0.05) is 12.8 Å². The molecule has 6 unspecified atom stereocenters. The first kappa shape index (κ1) is 56.9. The summed E-state index contributed by atoms with van der Waals surface area (Å²) in [5.74, 6) is -2.49. The molecule has 0 spiro atoms. The van der Waals surface area contributed by atoms with Crippen molar-refractivity contribution in [3.05, 3.63) is 60.8 Å². The van der Waals surface area contributed by atoms with Crippen molar-refractivity contribution in [3.8, 4) is 0 Å². The Hall–Kier alpha value is -3.09. The average molecular weight is 875 g/mol. The zero-order chi connectivity index (χ0) is 45.3. The van der Waals surface area contributed by atoms with Gasteiger partial charge in [-0.15, -0.1) is 0 Å². The van der Waals surface area contributed by atoms with E-state index in [9.17, 15) is 34.8 Å². The Labute approximate surface area is 375 Å². The Morgan fingerprint density at radius 3 is 1.45 bits per heavy atom. The molecular weight excluding hydrogens is 789 g/mol. The summed E-state index contributed by atoms with van der Waals surface area (Å²) < 4.78 is 21.7. The van der Waals surface area contributed by atoms with Gasteiger partial charge in [0.15, 0.2) is 18.5 Å². The third-order valence-electron chi connectivity index (χ3n) is 10.9. The second-order valence-electron chi connectivity index (χ2n) is 16.6. The van der Waals surface area contributed by atoms with Crippen LogP contribution >= 0.6 is 0 Å². The maximum atomic E-state index is 12.8. The van der Waals surface area contributed by atoms with E-state index in [1.807, 2.05) is 0 Å². The number of unbranched alkanes of at least 4 members (excludes halogenated alkanes) is 19. The van der Waals surface area contributed by atoms with Crippen molar-refractivity contribution >= 4 is 17.9 Å². The molecule has 0 aromatic carbocycles. The second-order valence-corrected chi connectivity index (χ2v) is 16.6. The van der Waals surface area contributed by atoms with Crippen molar-refractivity contribution in [2.24, 2.45) is 0 Å². The molecule has 11 heteroatoms. The van der Waals surface area contributed by atoms with Gasteiger partial charge in [0.25, 0.3) is 0 Å². The Balaban J connectivity index is 2.31. The molecular formula is C51H86O11. The number of esters is 2. The molecule has 6 atom stereocenters. The molecule has 0 saturated carbocycles. The van der Waals surface area contributed by atoms with Crippen molar-refractivity contribution in [2.45, 2.75) is 230 Å². The summed E-state index contributed by atoms with van der Waals surface area (Å²) in [4.78, 5) is 36.9. The summed E-state index contributed by atoms with van der Waals surface area (Å²) in [6, 6.07) is 0. The minimum absolute atomic E-state index is 0.172. The first-order chi connectivity index (χ1) is 30.2. The van der Waals surface area contributed by atoms with Crippen LogP contribution in [0.2, 0.25) is 0 Å². The fraction of sp³-hybridized carbons (Fsp3) is 0.745. The SMILES string of the molecule is CC/C=C\C/C=C\C/C=C\CCCCCC(=O)OCC(COC1OC(C(=O)O)C(O)C(O)C1O)OC(=O)CCCCCCCCCCCCC/C=C\C/C=C\CCCCCCC. The number of carboxylic acid groups (broad SMARTS) is 1. The molecule has 62 heavy (non-hydrogen) atoms. The van der Waals surface area contributed by atoms with Crippen LogP contribution in [0.15, 0.2) is 60.8 Å². The summed E-state index contributed by atoms with van der Waals surface area (Å²) in [6.07, 6.45) is 41.4. The highest BCUT2D eigenvalue weighted by atomic mass is 16.7. The quantitative estimate of drug-likeness (QED) is 0.0263. The van der Waals surface area contributed by atoms with E-state index in [1.54, 1.807) is 0 Å². The molecule has 0 aromatic rings. The number of carboxylic acids is 1. The van der Waals surface area contributed by atoms with E-state index in [4.69, 9.17) is 18.9 Å². The summed E-state index contributed by atoms with van der Waals surface area (Å²) in [6.45, 7) is 3.66. The molecule has 0 radical (unpaired) electrons. The number of carbonyl (C=O) groups excluding carboxylic acids is 2. The predicted molar refractivity (Wildman–Crippen MR) is 247 cm³/mol. The molecule has 11 nitrogen and oxygen atoms in total. The highest BCUT2D eigenvalue weighted by Crippen LogP contribution is 2.23. The number of aliphatic hydroxyl groups is 3. The first-order valence-corrected chi connectivity index (χ1v) is 24.3. The van der Waals surface area contributed by atoms with Gasteiger partial charge in [-0.1, -0.05) is 164 Å². The molecule has 1 aliphatic rings. The minimum atomic E-state index is -1.87. The summed E-state index contributed by atoms with van der Waals surface area (Å²) in [5, 5.41) is 39.9. The maximum absolute atomic E-state index is 12.8. The van der Waals surface area contributed by atoms with E-state index >= 15 is 0 Å². The zero-order valence-corrected chi connectivity index (χ0v) is 38.6. The van der Waals surface area contributed by atoms with E-state index in [0.717, 1.165) is 64.2 Å². The van der Waals surface area contributed by atoms with Crippen LogP contribution in [0.25, 0.3) is 0 Å². The van der Waals surface area contributed by atoms with Crippen molar-refractivity contribution in [1.29, 1.82) is 0 Å². The second kappa shape index (κ2) is 40.7. The molecule has 4 N–H and O–H groups in total. The fourth-order valence-corrected chi connectivity index (χ4v) is 7.04. The minimum Gasteiger partial charge on any atom is -0.479 e. The number of hydrogen-bond donors (Lipinski definition) is 4. The molecule has 1 aliphatic heterocycles. The van der Waals surface area contributed by atoms with Crippen molar-refractivity contribution in [3.63, 3.8) is 0 Å². The van der Waals surface area contributed by atoms with Crippen LogP contribution in [0, 0.1) is 0 Å². The number of hydrogen-bond acceptors (Lipinski definition) is 10. The van der Waals surface area contributed by atoms with Gasteiger partial charge in [0.05, 0.1) is 6.61 Å².